The summed E-state index contributed by atoms with van der Waals surface area (Å²) >= 11 is 1.38. The number of amides is 2. The van der Waals surface area contributed by atoms with Crippen LogP contribution in [0.3, 0.4) is 0 Å². The van der Waals surface area contributed by atoms with Crippen molar-refractivity contribution < 1.29 is 24.2 Å². The van der Waals surface area contributed by atoms with Gasteiger partial charge in [0.25, 0.3) is 23.2 Å². The van der Waals surface area contributed by atoms with Gasteiger partial charge in [-0.2, -0.15) is 16.9 Å². The summed E-state index contributed by atoms with van der Waals surface area (Å²) < 4.78 is 5.63. The number of thioether (sulfide) groups is 1. The molecule has 0 aliphatic rings. The molecule has 0 saturated carbocycles. The lowest BCUT2D eigenvalue weighted by atomic mass is 10.1. The van der Waals surface area contributed by atoms with Crippen LogP contribution in [0.4, 0.5) is 11.4 Å². The number of unbranched alkanes of at least 4 members (excludes halogenated alkanes) is 1. The number of hydrogen-bond donors (Lipinski definition) is 2. The fraction of sp³-hybridized carbons (Fsp3) is 0.250. The first-order valence-corrected chi connectivity index (χ1v) is 13.8. The first kappa shape index (κ1) is 30.8. The van der Waals surface area contributed by atoms with Crippen LogP contribution in [-0.4, -0.2) is 46.3 Å². The van der Waals surface area contributed by atoms with Crippen molar-refractivity contribution >= 4 is 41.2 Å². The normalized spacial score (nSPS) is 11.5. The van der Waals surface area contributed by atoms with Gasteiger partial charge >= 0.3 is 0 Å². The maximum Gasteiger partial charge on any atom is 0.277 e. The average Bonchev–Trinajstić information content (AvgIpc) is 2.97. The Morgan fingerprint density at radius 3 is 2.27 bits per heavy atom. The number of carbonyl (C=O) groups excluding carboxylic acids is 2. The highest BCUT2D eigenvalue weighted by Gasteiger charge is 2.25. The zero-order chi connectivity index (χ0) is 29.6. The van der Waals surface area contributed by atoms with Gasteiger partial charge in [-0.25, -0.2) is 5.43 Å². The van der Waals surface area contributed by atoms with Crippen LogP contribution in [0.5, 0.6) is 5.75 Å². The molecule has 3 aromatic carbocycles. The molecule has 0 fully saturated rings. The Morgan fingerprint density at radius 2 is 1.66 bits per heavy atom. The number of nitrogens with one attached hydrogen (secondary N) is 2. The van der Waals surface area contributed by atoms with Gasteiger partial charge in [0.2, 0.25) is 0 Å². The maximum atomic E-state index is 13.0. The first-order chi connectivity index (χ1) is 19.8. The average molecular weight is 580 g/mol. The molecule has 0 heterocycles. The zero-order valence-electron chi connectivity index (χ0n) is 22.2. The van der Waals surface area contributed by atoms with Gasteiger partial charge in [0.1, 0.15) is 11.8 Å². The summed E-state index contributed by atoms with van der Waals surface area (Å²) in [5.41, 5.74) is 2.57. The van der Waals surface area contributed by atoms with Crippen molar-refractivity contribution in [1.29, 1.82) is 0 Å². The molecule has 0 aliphatic carbocycles. The molecule has 13 heteroatoms. The molecule has 0 radical (unpaired) electrons. The molecule has 0 saturated heterocycles. The molecule has 0 unspecified atom stereocenters. The van der Waals surface area contributed by atoms with E-state index in [1.54, 1.807) is 24.3 Å². The Bertz CT molecular complexity index is 1350. The number of non-ortho nitro benzene ring substituents is 2. The smallest absolute Gasteiger partial charge is 0.277 e. The van der Waals surface area contributed by atoms with Gasteiger partial charge in [0.15, 0.2) is 0 Å². The number of nitro groups is 2. The van der Waals surface area contributed by atoms with Crippen molar-refractivity contribution in [2.24, 2.45) is 5.10 Å². The second-order valence-corrected chi connectivity index (χ2v) is 9.81. The number of nitrogens with zero attached hydrogens (tertiary/aromatic N) is 3. The Kier molecular flexibility index (Phi) is 11.8. The molecule has 2 N–H and O–H groups in total. The molecule has 214 valence electrons. The maximum absolute atomic E-state index is 13.0. The van der Waals surface area contributed by atoms with Crippen LogP contribution in [0.1, 0.15) is 41.3 Å². The summed E-state index contributed by atoms with van der Waals surface area (Å²) in [6, 6.07) is 18.1. The summed E-state index contributed by atoms with van der Waals surface area (Å²) in [7, 11) is 0. The topological polar surface area (TPSA) is 166 Å². The van der Waals surface area contributed by atoms with E-state index in [4.69, 9.17) is 4.74 Å². The number of carbonyl (C=O) groups is 2. The minimum absolute atomic E-state index is 0.142. The molecule has 41 heavy (non-hydrogen) atoms. The van der Waals surface area contributed by atoms with Gasteiger partial charge in [0, 0.05) is 23.6 Å². The number of hydrogen-bond acceptors (Lipinski definition) is 9. The number of benzene rings is 3. The Morgan fingerprint density at radius 1 is 1.00 bits per heavy atom. The van der Waals surface area contributed by atoms with E-state index in [0.717, 1.165) is 42.4 Å². The minimum atomic E-state index is -1.10. The largest absolute Gasteiger partial charge is 0.494 e. The summed E-state index contributed by atoms with van der Waals surface area (Å²) in [5, 5.41) is 29.0. The predicted octanol–water partition coefficient (Wildman–Crippen LogP) is 4.86. The van der Waals surface area contributed by atoms with Crippen molar-refractivity contribution in [2.75, 3.05) is 12.4 Å². The molecular weight excluding hydrogens is 550 g/mol. The van der Waals surface area contributed by atoms with Gasteiger partial charge in [-0.05, 0) is 41.8 Å². The van der Waals surface area contributed by atoms with Crippen molar-refractivity contribution in [3.63, 3.8) is 0 Å². The van der Waals surface area contributed by atoms with Crippen LogP contribution in [0.25, 0.3) is 0 Å². The summed E-state index contributed by atoms with van der Waals surface area (Å²) in [6.07, 6.45) is 3.42. The third-order valence-electron chi connectivity index (χ3n) is 5.64. The van der Waals surface area contributed by atoms with E-state index in [2.05, 4.69) is 22.8 Å². The van der Waals surface area contributed by atoms with Crippen LogP contribution < -0.4 is 15.5 Å². The second-order valence-electron chi connectivity index (χ2n) is 8.78. The second kappa shape index (κ2) is 15.7. The van der Waals surface area contributed by atoms with E-state index < -0.39 is 39.1 Å². The number of hydrazone groups is 1. The third-order valence-corrected chi connectivity index (χ3v) is 6.75. The molecule has 0 bridgehead atoms. The zero-order valence-corrected chi connectivity index (χ0v) is 23.0. The molecule has 3 rings (SSSR count). The van der Waals surface area contributed by atoms with E-state index in [1.165, 1.54) is 18.0 Å². The molecule has 0 aromatic heterocycles. The summed E-state index contributed by atoms with van der Waals surface area (Å²) in [5.74, 6) is -0.0876. The fourth-order valence-electron chi connectivity index (χ4n) is 3.46. The lowest BCUT2D eigenvalue weighted by Crippen LogP contribution is -2.47. The fourth-order valence-corrected chi connectivity index (χ4v) is 4.48. The molecular formula is C28H29N5O7S. The van der Waals surface area contributed by atoms with Crippen LogP contribution in [-0.2, 0) is 10.5 Å². The third kappa shape index (κ3) is 10.0. The summed E-state index contributed by atoms with van der Waals surface area (Å²) in [6.45, 7) is 2.70. The van der Waals surface area contributed by atoms with Gasteiger partial charge in [0.05, 0.1) is 34.3 Å². The quantitative estimate of drug-likeness (QED) is 0.111. The van der Waals surface area contributed by atoms with Gasteiger partial charge in [-0.1, -0.05) is 43.7 Å². The number of rotatable bonds is 15. The van der Waals surface area contributed by atoms with E-state index >= 15 is 0 Å². The monoisotopic (exact) mass is 579 g/mol. The molecule has 0 spiro atoms. The Hall–Kier alpha value is -4.78. The lowest BCUT2D eigenvalue weighted by molar-refractivity contribution is -0.394. The highest BCUT2D eigenvalue weighted by atomic mass is 32.2. The highest BCUT2D eigenvalue weighted by molar-refractivity contribution is 7.98. The molecule has 12 nitrogen and oxygen atoms in total. The number of ether oxygens (including phenoxy) is 1. The van der Waals surface area contributed by atoms with E-state index in [-0.39, 0.29) is 11.3 Å². The van der Waals surface area contributed by atoms with Crippen LogP contribution in [0.2, 0.25) is 0 Å². The first-order valence-electron chi connectivity index (χ1n) is 12.7. The van der Waals surface area contributed by atoms with Gasteiger partial charge < -0.3 is 10.1 Å². The minimum Gasteiger partial charge on any atom is -0.494 e. The summed E-state index contributed by atoms with van der Waals surface area (Å²) in [4.78, 5) is 46.8. The van der Waals surface area contributed by atoms with Crippen molar-refractivity contribution in [3.05, 3.63) is 110 Å². The van der Waals surface area contributed by atoms with Crippen molar-refractivity contribution in [2.45, 2.75) is 31.6 Å². The molecule has 1 atom stereocenters. The highest BCUT2D eigenvalue weighted by Crippen LogP contribution is 2.23. The van der Waals surface area contributed by atoms with E-state index in [1.807, 2.05) is 30.3 Å². The van der Waals surface area contributed by atoms with Crippen LogP contribution in [0, 0.1) is 20.2 Å². The van der Waals surface area contributed by atoms with Gasteiger partial charge in [-0.15, -0.1) is 0 Å². The van der Waals surface area contributed by atoms with Crippen LogP contribution in [0.15, 0.2) is 77.9 Å². The Balaban J connectivity index is 1.70. The molecule has 2 amide bonds. The van der Waals surface area contributed by atoms with E-state index in [9.17, 15) is 29.8 Å². The number of nitro benzene ring substituents is 2. The van der Waals surface area contributed by atoms with Crippen molar-refractivity contribution in [1.82, 2.24) is 10.7 Å². The van der Waals surface area contributed by atoms with Crippen LogP contribution >= 0.6 is 11.8 Å². The predicted molar refractivity (Wildman–Crippen MR) is 156 cm³/mol. The standard InChI is InChI=1S/C28H29N5O7S/c1-2-3-13-40-25-11-9-20(10-12-25)17-29-31-28(35)26(19-41-18-21-7-5-4-6-8-21)30-27(34)22-14-23(32(36)37)16-24(15-22)33(38)39/h4-12,14-17,26H,2-3,13,18-19H2,1H3,(H,30,34)(H,31,35)/b29-17-/t26-/m1/s1. The molecule has 3 aromatic rings. The Labute approximate surface area is 240 Å². The lowest BCUT2D eigenvalue weighted by Gasteiger charge is -2.17. The molecule has 0 aliphatic heterocycles. The van der Waals surface area contributed by atoms with Crippen molar-refractivity contribution in [3.8, 4) is 5.75 Å². The van der Waals surface area contributed by atoms with Gasteiger partial charge in [-0.3, -0.25) is 29.8 Å². The van der Waals surface area contributed by atoms with E-state index in [0.29, 0.717) is 17.9 Å². The SMILES string of the molecule is CCCCOc1ccc(/C=N\NC(=O)[C@@H](CSCc2ccccc2)NC(=O)c2cc([N+](=O)[O-])cc([N+](=O)[O-])c2)cc1.